The molecule has 3 nitrogen and oxygen atoms in total. The van der Waals surface area contributed by atoms with Crippen LogP contribution in [0.3, 0.4) is 0 Å². The lowest BCUT2D eigenvalue weighted by molar-refractivity contribution is 0.110. The van der Waals surface area contributed by atoms with Crippen molar-refractivity contribution in [1.82, 2.24) is 5.32 Å². The molecule has 0 heterocycles. The van der Waals surface area contributed by atoms with Crippen molar-refractivity contribution in [2.75, 3.05) is 7.11 Å². The molecule has 0 spiro atoms. The highest BCUT2D eigenvalue weighted by Gasteiger charge is 2.24. The van der Waals surface area contributed by atoms with Crippen LogP contribution in [-0.2, 0) is 0 Å². The quantitative estimate of drug-likeness (QED) is 0.859. The van der Waals surface area contributed by atoms with Crippen LogP contribution in [0.15, 0.2) is 18.2 Å². The summed E-state index contributed by atoms with van der Waals surface area (Å²) in [5.74, 6) is 0.854. The van der Waals surface area contributed by atoms with Gasteiger partial charge in [-0.05, 0) is 57.4 Å². The molecule has 2 N–H and O–H groups in total. The van der Waals surface area contributed by atoms with Gasteiger partial charge in [0.05, 0.1) is 13.2 Å². The molecule has 0 saturated carbocycles. The highest BCUT2D eigenvalue weighted by Crippen LogP contribution is 2.26. The van der Waals surface area contributed by atoms with Crippen molar-refractivity contribution in [2.45, 2.75) is 58.7 Å². The van der Waals surface area contributed by atoms with E-state index in [1.54, 1.807) is 7.11 Å². The van der Waals surface area contributed by atoms with Crippen LogP contribution >= 0.6 is 0 Å². The Bertz CT molecular complexity index is 410. The molecule has 0 amide bonds. The number of aryl methyl sites for hydroxylation is 1. The predicted octanol–water partition coefficient (Wildman–Crippen LogP) is 3.20. The number of methoxy groups -OCH3 is 1. The maximum atomic E-state index is 10.5. The summed E-state index contributed by atoms with van der Waals surface area (Å²) in [6, 6.07) is 5.89. The summed E-state index contributed by atoms with van der Waals surface area (Å²) in [6.45, 7) is 10.4. The van der Waals surface area contributed by atoms with Gasteiger partial charge in [-0.1, -0.05) is 13.0 Å². The van der Waals surface area contributed by atoms with Crippen molar-refractivity contribution >= 4 is 0 Å². The maximum Gasteiger partial charge on any atom is 0.121 e. The fourth-order valence-electron chi connectivity index (χ4n) is 2.28. The molecule has 0 fully saturated rings. The molecule has 0 aliphatic carbocycles. The van der Waals surface area contributed by atoms with Crippen molar-refractivity contribution in [2.24, 2.45) is 0 Å². The van der Waals surface area contributed by atoms with Crippen molar-refractivity contribution < 1.29 is 9.84 Å². The number of aliphatic hydroxyl groups is 1. The van der Waals surface area contributed by atoms with Gasteiger partial charge in [-0.15, -0.1) is 0 Å². The van der Waals surface area contributed by atoms with Crippen LogP contribution in [0.1, 0.15) is 51.3 Å². The lowest BCUT2D eigenvalue weighted by Crippen LogP contribution is -2.46. The van der Waals surface area contributed by atoms with E-state index in [-0.39, 0.29) is 11.6 Å². The largest absolute Gasteiger partial charge is 0.496 e. The van der Waals surface area contributed by atoms with E-state index in [1.807, 2.05) is 25.1 Å². The molecule has 0 aliphatic heterocycles. The van der Waals surface area contributed by atoms with Crippen LogP contribution in [0.25, 0.3) is 0 Å². The minimum atomic E-state index is -0.506. The summed E-state index contributed by atoms with van der Waals surface area (Å²) >= 11 is 0. The molecular weight excluding hydrogens is 238 g/mol. The Kier molecular flexibility index (Phi) is 5.39. The van der Waals surface area contributed by atoms with Gasteiger partial charge >= 0.3 is 0 Å². The topological polar surface area (TPSA) is 41.5 Å². The summed E-state index contributed by atoms with van der Waals surface area (Å²) in [5, 5.41) is 14.0. The molecule has 2 unspecified atom stereocenters. The van der Waals surface area contributed by atoms with E-state index >= 15 is 0 Å². The first-order valence-corrected chi connectivity index (χ1v) is 6.88. The predicted molar refractivity (Wildman–Crippen MR) is 79.7 cm³/mol. The average molecular weight is 265 g/mol. The molecule has 108 valence electrons. The summed E-state index contributed by atoms with van der Waals surface area (Å²) < 4.78 is 5.25. The first kappa shape index (κ1) is 16.0. The van der Waals surface area contributed by atoms with Crippen molar-refractivity contribution in [3.63, 3.8) is 0 Å². The number of hydrogen-bond donors (Lipinski definition) is 2. The summed E-state index contributed by atoms with van der Waals surface area (Å²) in [5.41, 5.74) is 1.97. The summed E-state index contributed by atoms with van der Waals surface area (Å²) in [6.07, 6.45) is 0.373. The molecule has 19 heavy (non-hydrogen) atoms. The van der Waals surface area contributed by atoms with Crippen molar-refractivity contribution in [3.05, 3.63) is 29.3 Å². The minimum Gasteiger partial charge on any atom is -0.496 e. The molecule has 1 aromatic carbocycles. The maximum absolute atomic E-state index is 10.5. The fraction of sp³-hybridized carbons (Fsp3) is 0.625. The normalized spacial score (nSPS) is 15.1. The summed E-state index contributed by atoms with van der Waals surface area (Å²) in [7, 11) is 1.66. The van der Waals surface area contributed by atoms with E-state index < -0.39 is 6.10 Å². The van der Waals surface area contributed by atoms with E-state index in [2.05, 4.69) is 33.0 Å². The zero-order valence-corrected chi connectivity index (χ0v) is 12.9. The molecule has 0 bridgehead atoms. The third-order valence-corrected chi connectivity index (χ3v) is 3.20. The first-order valence-electron chi connectivity index (χ1n) is 6.88. The molecule has 0 aromatic heterocycles. The van der Waals surface area contributed by atoms with Crippen molar-refractivity contribution in [1.29, 1.82) is 0 Å². The molecule has 3 heteroatoms. The van der Waals surface area contributed by atoms with E-state index in [0.717, 1.165) is 23.3 Å². The van der Waals surface area contributed by atoms with Crippen LogP contribution in [-0.4, -0.2) is 23.8 Å². The molecule has 0 aliphatic rings. The Morgan fingerprint density at radius 2 is 1.95 bits per heavy atom. The van der Waals surface area contributed by atoms with Crippen LogP contribution in [0.2, 0.25) is 0 Å². The molecule has 0 saturated heterocycles. The number of benzene rings is 1. The smallest absolute Gasteiger partial charge is 0.121 e. The van der Waals surface area contributed by atoms with Gasteiger partial charge in [-0.2, -0.15) is 0 Å². The van der Waals surface area contributed by atoms with Crippen molar-refractivity contribution in [3.8, 4) is 5.75 Å². The molecule has 1 rings (SSSR count). The molecular formula is C16H27NO2. The van der Waals surface area contributed by atoms with Crippen LogP contribution < -0.4 is 10.1 Å². The Hall–Kier alpha value is -1.06. The number of hydrogen-bond acceptors (Lipinski definition) is 3. The molecule has 2 atom stereocenters. The second-order valence-electron chi connectivity index (χ2n) is 6.08. The Morgan fingerprint density at radius 1 is 1.32 bits per heavy atom. The molecule has 0 radical (unpaired) electrons. The van der Waals surface area contributed by atoms with Gasteiger partial charge in [-0.3, -0.25) is 0 Å². The number of ether oxygens (including phenoxy) is 1. The highest BCUT2D eigenvalue weighted by atomic mass is 16.5. The Balaban J connectivity index is 2.91. The SMILES string of the molecule is CCC(NC(C)(C)C)C(O)c1ccc(OC)c(C)c1. The van der Waals surface area contributed by atoms with Crippen LogP contribution in [0, 0.1) is 6.92 Å². The van der Waals surface area contributed by atoms with Gasteiger partial charge in [0.2, 0.25) is 0 Å². The van der Waals surface area contributed by atoms with Gasteiger partial charge < -0.3 is 15.2 Å². The van der Waals surface area contributed by atoms with E-state index in [0.29, 0.717) is 0 Å². The van der Waals surface area contributed by atoms with Gasteiger partial charge in [-0.25, -0.2) is 0 Å². The van der Waals surface area contributed by atoms with Gasteiger partial charge in [0, 0.05) is 11.6 Å². The number of rotatable bonds is 5. The second kappa shape index (κ2) is 6.40. The third-order valence-electron chi connectivity index (χ3n) is 3.20. The third kappa shape index (κ3) is 4.51. The zero-order chi connectivity index (χ0) is 14.6. The number of nitrogens with one attached hydrogen (secondary N) is 1. The average Bonchev–Trinajstić information content (AvgIpc) is 2.34. The standard InChI is InChI=1S/C16H27NO2/c1-7-13(17-16(3,4)5)15(18)12-8-9-14(19-6)11(2)10-12/h8-10,13,15,17-18H,7H2,1-6H3. The van der Waals surface area contributed by atoms with Gasteiger partial charge in [0.1, 0.15) is 5.75 Å². The van der Waals surface area contributed by atoms with Gasteiger partial charge in [0.25, 0.3) is 0 Å². The van der Waals surface area contributed by atoms with E-state index in [9.17, 15) is 5.11 Å². The van der Waals surface area contributed by atoms with Gasteiger partial charge in [0.15, 0.2) is 0 Å². The Morgan fingerprint density at radius 3 is 2.37 bits per heavy atom. The zero-order valence-electron chi connectivity index (χ0n) is 12.9. The van der Waals surface area contributed by atoms with Crippen LogP contribution in [0.4, 0.5) is 0 Å². The molecule has 1 aromatic rings. The highest BCUT2D eigenvalue weighted by molar-refractivity contribution is 5.37. The van der Waals surface area contributed by atoms with E-state index in [1.165, 1.54) is 0 Å². The lowest BCUT2D eigenvalue weighted by atomic mass is 9.96. The second-order valence-corrected chi connectivity index (χ2v) is 6.08. The minimum absolute atomic E-state index is 0.0107. The van der Waals surface area contributed by atoms with E-state index in [4.69, 9.17) is 4.74 Å². The number of aliphatic hydroxyl groups excluding tert-OH is 1. The fourth-order valence-corrected chi connectivity index (χ4v) is 2.28. The summed E-state index contributed by atoms with van der Waals surface area (Å²) in [4.78, 5) is 0. The Labute approximate surface area is 117 Å². The lowest BCUT2D eigenvalue weighted by Gasteiger charge is -2.31. The van der Waals surface area contributed by atoms with Crippen LogP contribution in [0.5, 0.6) is 5.75 Å². The monoisotopic (exact) mass is 265 g/mol. The first-order chi connectivity index (χ1) is 8.78.